The molecule has 0 radical (unpaired) electrons. The molecule has 1 aliphatic rings. The number of rotatable bonds is 4. The van der Waals surface area contributed by atoms with Crippen LogP contribution < -0.4 is 4.74 Å². The number of nitriles is 1. The standard InChI is InChI=1S/C15H18N2O3/c1-20-14-8-11(5-6-12(14)9-16)10-17-7-3-2-4-13(17)15(18)19/h5-6,8,13H,2-4,7,10H2,1H3,(H,18,19). The van der Waals surface area contributed by atoms with E-state index < -0.39 is 12.0 Å². The Bertz CT molecular complexity index is 536. The summed E-state index contributed by atoms with van der Waals surface area (Å²) in [6, 6.07) is 7.04. The Balaban J connectivity index is 2.16. The highest BCUT2D eigenvalue weighted by Crippen LogP contribution is 2.23. The Morgan fingerprint density at radius 2 is 2.35 bits per heavy atom. The summed E-state index contributed by atoms with van der Waals surface area (Å²) in [6.07, 6.45) is 2.68. The molecule has 5 nitrogen and oxygen atoms in total. The van der Waals surface area contributed by atoms with Crippen molar-refractivity contribution in [3.63, 3.8) is 0 Å². The fourth-order valence-electron chi connectivity index (χ4n) is 2.62. The number of nitrogens with zero attached hydrogens (tertiary/aromatic N) is 2. The van der Waals surface area contributed by atoms with E-state index in [1.165, 1.54) is 7.11 Å². The summed E-state index contributed by atoms with van der Waals surface area (Å²) < 4.78 is 5.18. The van der Waals surface area contributed by atoms with Gasteiger partial charge < -0.3 is 9.84 Å². The van der Waals surface area contributed by atoms with Gasteiger partial charge in [0.25, 0.3) is 0 Å². The molecule has 1 aromatic rings. The molecule has 1 aliphatic heterocycles. The van der Waals surface area contributed by atoms with Crippen LogP contribution in [0.25, 0.3) is 0 Å². The van der Waals surface area contributed by atoms with Gasteiger partial charge in [0, 0.05) is 6.54 Å². The summed E-state index contributed by atoms with van der Waals surface area (Å²) in [7, 11) is 1.53. The predicted molar refractivity (Wildman–Crippen MR) is 73.4 cm³/mol. The lowest BCUT2D eigenvalue weighted by atomic mass is 10.0. The van der Waals surface area contributed by atoms with Crippen LogP contribution >= 0.6 is 0 Å². The quantitative estimate of drug-likeness (QED) is 0.909. The fraction of sp³-hybridized carbons (Fsp3) is 0.467. The minimum Gasteiger partial charge on any atom is -0.495 e. The highest BCUT2D eigenvalue weighted by molar-refractivity contribution is 5.73. The molecule has 1 N–H and O–H groups in total. The molecule has 2 rings (SSSR count). The number of carboxylic acid groups (broad SMARTS) is 1. The van der Waals surface area contributed by atoms with E-state index in [0.29, 0.717) is 24.3 Å². The number of likely N-dealkylation sites (tertiary alicyclic amines) is 1. The van der Waals surface area contributed by atoms with Crippen LogP contribution in [-0.4, -0.2) is 35.7 Å². The molecule has 1 atom stereocenters. The fourth-order valence-corrected chi connectivity index (χ4v) is 2.62. The first-order valence-corrected chi connectivity index (χ1v) is 6.69. The van der Waals surface area contributed by atoms with Gasteiger partial charge in [0.1, 0.15) is 17.9 Å². The monoisotopic (exact) mass is 274 g/mol. The van der Waals surface area contributed by atoms with Crippen molar-refractivity contribution in [2.24, 2.45) is 0 Å². The zero-order chi connectivity index (χ0) is 14.5. The van der Waals surface area contributed by atoms with E-state index in [4.69, 9.17) is 10.00 Å². The Hall–Kier alpha value is -2.06. The lowest BCUT2D eigenvalue weighted by Gasteiger charge is -2.32. The Morgan fingerprint density at radius 3 is 3.00 bits per heavy atom. The van der Waals surface area contributed by atoms with Crippen LogP contribution in [0.1, 0.15) is 30.4 Å². The molecular weight excluding hydrogens is 256 g/mol. The summed E-state index contributed by atoms with van der Waals surface area (Å²) in [5.74, 6) is -0.223. The average Bonchev–Trinajstić information content (AvgIpc) is 2.47. The van der Waals surface area contributed by atoms with E-state index in [0.717, 1.165) is 24.9 Å². The lowest BCUT2D eigenvalue weighted by Crippen LogP contribution is -2.43. The zero-order valence-electron chi connectivity index (χ0n) is 11.5. The van der Waals surface area contributed by atoms with Gasteiger partial charge in [-0.05, 0) is 37.1 Å². The van der Waals surface area contributed by atoms with Crippen molar-refractivity contribution in [2.75, 3.05) is 13.7 Å². The summed E-state index contributed by atoms with van der Waals surface area (Å²) in [5, 5.41) is 18.2. The van der Waals surface area contributed by atoms with Crippen LogP contribution in [0.2, 0.25) is 0 Å². The maximum absolute atomic E-state index is 11.3. The van der Waals surface area contributed by atoms with Crippen molar-refractivity contribution in [3.8, 4) is 11.8 Å². The van der Waals surface area contributed by atoms with Crippen LogP contribution in [0.4, 0.5) is 0 Å². The number of hydrogen-bond donors (Lipinski definition) is 1. The summed E-state index contributed by atoms with van der Waals surface area (Å²) >= 11 is 0. The Labute approximate surface area is 118 Å². The maximum atomic E-state index is 11.3. The third kappa shape index (κ3) is 3.09. The first-order chi connectivity index (χ1) is 9.65. The number of aliphatic carboxylic acids is 1. The van der Waals surface area contributed by atoms with Gasteiger partial charge >= 0.3 is 5.97 Å². The molecule has 0 bridgehead atoms. The highest BCUT2D eigenvalue weighted by Gasteiger charge is 2.28. The zero-order valence-corrected chi connectivity index (χ0v) is 11.5. The molecule has 0 spiro atoms. The van der Waals surface area contributed by atoms with Gasteiger partial charge in [-0.15, -0.1) is 0 Å². The highest BCUT2D eigenvalue weighted by atomic mass is 16.5. The molecule has 0 aromatic heterocycles. The summed E-state index contributed by atoms with van der Waals surface area (Å²) in [4.78, 5) is 13.2. The predicted octanol–water partition coefficient (Wildman–Crippen LogP) is 2.01. The average molecular weight is 274 g/mol. The SMILES string of the molecule is COc1cc(CN2CCCCC2C(=O)O)ccc1C#N. The van der Waals surface area contributed by atoms with Crippen LogP contribution in [0.5, 0.6) is 5.75 Å². The largest absolute Gasteiger partial charge is 0.495 e. The van der Waals surface area contributed by atoms with Gasteiger partial charge in [-0.3, -0.25) is 9.69 Å². The molecule has 106 valence electrons. The number of hydrogen-bond acceptors (Lipinski definition) is 4. The van der Waals surface area contributed by atoms with E-state index in [1.807, 2.05) is 17.0 Å². The van der Waals surface area contributed by atoms with Gasteiger partial charge in [-0.25, -0.2) is 0 Å². The van der Waals surface area contributed by atoms with Crippen LogP contribution in [0, 0.1) is 11.3 Å². The third-order valence-corrected chi connectivity index (χ3v) is 3.67. The Kier molecular flexibility index (Phi) is 4.59. The summed E-state index contributed by atoms with van der Waals surface area (Å²) in [6.45, 7) is 1.36. The van der Waals surface area contributed by atoms with Crippen LogP contribution in [-0.2, 0) is 11.3 Å². The van der Waals surface area contributed by atoms with Crippen molar-refractivity contribution in [2.45, 2.75) is 31.8 Å². The molecular formula is C15H18N2O3. The van der Waals surface area contributed by atoms with Crippen molar-refractivity contribution in [1.29, 1.82) is 5.26 Å². The molecule has 0 saturated carbocycles. The van der Waals surface area contributed by atoms with Crippen molar-refractivity contribution in [1.82, 2.24) is 4.90 Å². The minimum absolute atomic E-state index is 0.412. The molecule has 1 fully saturated rings. The number of ether oxygens (including phenoxy) is 1. The van der Waals surface area contributed by atoms with E-state index in [1.54, 1.807) is 6.07 Å². The molecule has 0 amide bonds. The lowest BCUT2D eigenvalue weighted by molar-refractivity contribution is -0.144. The number of benzene rings is 1. The number of piperidine rings is 1. The Morgan fingerprint density at radius 1 is 1.55 bits per heavy atom. The van der Waals surface area contributed by atoms with Crippen molar-refractivity contribution >= 4 is 5.97 Å². The first kappa shape index (κ1) is 14.4. The molecule has 1 saturated heterocycles. The second-order valence-electron chi connectivity index (χ2n) is 4.97. The molecule has 20 heavy (non-hydrogen) atoms. The number of methoxy groups -OCH3 is 1. The van der Waals surface area contributed by atoms with Crippen LogP contribution in [0.15, 0.2) is 18.2 Å². The second-order valence-corrected chi connectivity index (χ2v) is 4.97. The van der Waals surface area contributed by atoms with E-state index >= 15 is 0 Å². The number of carboxylic acids is 1. The molecule has 1 heterocycles. The third-order valence-electron chi connectivity index (χ3n) is 3.67. The minimum atomic E-state index is -0.759. The van der Waals surface area contributed by atoms with Gasteiger partial charge in [0.15, 0.2) is 0 Å². The number of carbonyl (C=O) groups is 1. The molecule has 0 aliphatic carbocycles. The van der Waals surface area contributed by atoms with E-state index in [9.17, 15) is 9.90 Å². The van der Waals surface area contributed by atoms with Gasteiger partial charge in [-0.2, -0.15) is 5.26 Å². The van der Waals surface area contributed by atoms with Gasteiger partial charge in [0.2, 0.25) is 0 Å². The smallest absolute Gasteiger partial charge is 0.320 e. The first-order valence-electron chi connectivity index (χ1n) is 6.69. The van der Waals surface area contributed by atoms with E-state index in [2.05, 4.69) is 6.07 Å². The van der Waals surface area contributed by atoms with E-state index in [-0.39, 0.29) is 0 Å². The molecule has 5 heteroatoms. The second kappa shape index (κ2) is 6.40. The topological polar surface area (TPSA) is 73.6 Å². The van der Waals surface area contributed by atoms with Crippen molar-refractivity contribution < 1.29 is 14.6 Å². The normalized spacial score (nSPS) is 19.3. The summed E-state index contributed by atoms with van der Waals surface area (Å²) in [5.41, 5.74) is 1.46. The van der Waals surface area contributed by atoms with Crippen LogP contribution in [0.3, 0.4) is 0 Å². The van der Waals surface area contributed by atoms with Gasteiger partial charge in [-0.1, -0.05) is 12.5 Å². The van der Waals surface area contributed by atoms with Gasteiger partial charge in [0.05, 0.1) is 12.7 Å². The van der Waals surface area contributed by atoms with Crippen molar-refractivity contribution in [3.05, 3.63) is 29.3 Å². The molecule has 1 aromatic carbocycles. The maximum Gasteiger partial charge on any atom is 0.320 e. The molecule has 1 unspecified atom stereocenters.